The Hall–Kier alpha value is -0.840. The Morgan fingerprint density at radius 1 is 1.46 bits per heavy atom. The van der Waals surface area contributed by atoms with Crippen molar-refractivity contribution in [1.29, 1.82) is 0 Å². The van der Waals surface area contributed by atoms with Crippen molar-refractivity contribution in [2.24, 2.45) is 4.99 Å². The van der Waals surface area contributed by atoms with Gasteiger partial charge in [-0.3, -0.25) is 4.72 Å². The van der Waals surface area contributed by atoms with E-state index >= 15 is 0 Å². The van der Waals surface area contributed by atoms with Gasteiger partial charge in [0.1, 0.15) is 6.34 Å². The molecule has 0 fully saturated rings. The maximum Gasteiger partial charge on any atom is 0.257 e. The Morgan fingerprint density at radius 2 is 2.23 bits per heavy atom. The topological polar surface area (TPSA) is 58.5 Å². The van der Waals surface area contributed by atoms with Gasteiger partial charge in [-0.1, -0.05) is 19.8 Å². The van der Waals surface area contributed by atoms with Gasteiger partial charge in [0.25, 0.3) is 10.0 Å². The molecule has 13 heavy (non-hydrogen) atoms. The van der Waals surface area contributed by atoms with Crippen LogP contribution in [0.15, 0.2) is 16.1 Å². The Labute approximate surface area is 78.8 Å². The van der Waals surface area contributed by atoms with E-state index in [4.69, 9.17) is 0 Å². The van der Waals surface area contributed by atoms with E-state index in [1.54, 1.807) is 0 Å². The van der Waals surface area contributed by atoms with Gasteiger partial charge in [-0.25, -0.2) is 13.4 Å². The van der Waals surface area contributed by atoms with E-state index in [1.165, 1.54) is 11.7 Å². The molecule has 0 aliphatic carbocycles. The molecule has 0 spiro atoms. The van der Waals surface area contributed by atoms with Crippen LogP contribution in [0.4, 0.5) is 0 Å². The molecule has 0 bridgehead atoms. The summed E-state index contributed by atoms with van der Waals surface area (Å²) in [6.45, 7) is 2.11. The molecule has 0 aromatic carbocycles. The van der Waals surface area contributed by atoms with E-state index < -0.39 is 10.0 Å². The molecule has 74 valence electrons. The molecule has 4 nitrogen and oxygen atoms in total. The van der Waals surface area contributed by atoms with Crippen molar-refractivity contribution in [3.8, 4) is 0 Å². The highest BCUT2D eigenvalue weighted by molar-refractivity contribution is 7.92. The van der Waals surface area contributed by atoms with Gasteiger partial charge in [0.05, 0.1) is 11.1 Å². The summed E-state index contributed by atoms with van der Waals surface area (Å²) >= 11 is 0. The summed E-state index contributed by atoms with van der Waals surface area (Å²) in [5.41, 5.74) is 0.646. The molecule has 5 heteroatoms. The van der Waals surface area contributed by atoms with E-state index in [1.807, 2.05) is 0 Å². The third kappa shape index (κ3) is 3.59. The first kappa shape index (κ1) is 10.2. The highest BCUT2D eigenvalue weighted by atomic mass is 32.2. The number of nitrogens with zero attached hydrogens (tertiary/aromatic N) is 1. The fourth-order valence-corrected chi connectivity index (χ4v) is 1.91. The van der Waals surface area contributed by atoms with Crippen molar-refractivity contribution in [2.45, 2.75) is 32.6 Å². The summed E-state index contributed by atoms with van der Waals surface area (Å²) in [4.78, 5) is 3.94. The molecular weight excluding hydrogens is 188 g/mol. The number of rotatable bonds is 4. The van der Waals surface area contributed by atoms with Gasteiger partial charge < -0.3 is 0 Å². The number of unbranched alkanes of at least 4 members (excludes halogenated alkanes) is 2. The maximum absolute atomic E-state index is 11.0. The molecule has 0 saturated heterocycles. The molecule has 0 radical (unpaired) electrons. The largest absolute Gasteiger partial charge is 0.270 e. The lowest BCUT2D eigenvalue weighted by atomic mass is 10.2. The van der Waals surface area contributed by atoms with Crippen LogP contribution in [0.3, 0.4) is 0 Å². The molecule has 0 aromatic rings. The molecule has 0 unspecified atom stereocenters. The average molecular weight is 202 g/mol. The van der Waals surface area contributed by atoms with Gasteiger partial charge in [0.15, 0.2) is 0 Å². The zero-order valence-electron chi connectivity index (χ0n) is 7.66. The summed E-state index contributed by atoms with van der Waals surface area (Å²) in [7, 11) is -3.23. The van der Waals surface area contributed by atoms with Crippen LogP contribution in [0.2, 0.25) is 0 Å². The van der Waals surface area contributed by atoms with Gasteiger partial charge in [-0.2, -0.15) is 0 Å². The maximum atomic E-state index is 11.0. The summed E-state index contributed by atoms with van der Waals surface area (Å²) in [6, 6.07) is 0. The zero-order chi connectivity index (χ0) is 9.73. The van der Waals surface area contributed by atoms with Crippen molar-refractivity contribution < 1.29 is 8.42 Å². The van der Waals surface area contributed by atoms with Crippen molar-refractivity contribution >= 4 is 16.4 Å². The molecule has 1 aliphatic heterocycles. The second-order valence-corrected chi connectivity index (χ2v) is 4.55. The van der Waals surface area contributed by atoms with Crippen molar-refractivity contribution in [3.63, 3.8) is 0 Å². The van der Waals surface area contributed by atoms with Crippen molar-refractivity contribution in [1.82, 2.24) is 4.72 Å². The minimum Gasteiger partial charge on any atom is -0.270 e. The molecule has 1 rings (SSSR count). The lowest BCUT2D eigenvalue weighted by Crippen LogP contribution is -2.22. The second-order valence-electron chi connectivity index (χ2n) is 2.99. The van der Waals surface area contributed by atoms with Crippen LogP contribution in [-0.2, 0) is 10.0 Å². The Balaban J connectivity index is 2.50. The summed E-state index contributed by atoms with van der Waals surface area (Å²) in [5.74, 6) is 0. The Kier molecular flexibility index (Phi) is 3.48. The molecule has 0 aromatic heterocycles. The smallest absolute Gasteiger partial charge is 0.257 e. The molecule has 1 N–H and O–H groups in total. The molecule has 0 atom stereocenters. The fourth-order valence-electron chi connectivity index (χ4n) is 1.11. The molecule has 1 heterocycles. The molecule has 1 aliphatic rings. The first-order valence-electron chi connectivity index (χ1n) is 4.39. The average Bonchev–Trinajstić information content (AvgIpc) is 2.03. The van der Waals surface area contributed by atoms with Crippen LogP contribution >= 0.6 is 0 Å². The summed E-state index contributed by atoms with van der Waals surface area (Å²) < 4.78 is 24.2. The highest BCUT2D eigenvalue weighted by Gasteiger charge is 2.09. The molecular formula is C8H14N2O2S. The van der Waals surface area contributed by atoms with Gasteiger partial charge >= 0.3 is 0 Å². The van der Waals surface area contributed by atoms with Crippen LogP contribution in [0.1, 0.15) is 32.6 Å². The van der Waals surface area contributed by atoms with Gasteiger partial charge in [-0.05, 0) is 12.8 Å². The lowest BCUT2D eigenvalue weighted by molar-refractivity contribution is 0.600. The quantitative estimate of drug-likeness (QED) is 0.700. The third-order valence-corrected chi connectivity index (χ3v) is 2.79. The first-order valence-corrected chi connectivity index (χ1v) is 5.94. The van der Waals surface area contributed by atoms with E-state index in [-0.39, 0.29) is 0 Å². The predicted molar refractivity (Wildman–Crippen MR) is 52.8 cm³/mol. The summed E-state index contributed by atoms with van der Waals surface area (Å²) in [5, 5.41) is 1.20. The first-order chi connectivity index (χ1) is 6.14. The van der Waals surface area contributed by atoms with Gasteiger partial charge in [-0.15, -0.1) is 0 Å². The van der Waals surface area contributed by atoms with E-state index in [2.05, 4.69) is 16.6 Å². The van der Waals surface area contributed by atoms with E-state index in [0.717, 1.165) is 25.7 Å². The van der Waals surface area contributed by atoms with Crippen LogP contribution in [0.5, 0.6) is 0 Å². The van der Waals surface area contributed by atoms with Crippen molar-refractivity contribution in [2.75, 3.05) is 0 Å². The van der Waals surface area contributed by atoms with Gasteiger partial charge in [0.2, 0.25) is 0 Å². The monoisotopic (exact) mass is 202 g/mol. The number of sulfonamides is 1. The van der Waals surface area contributed by atoms with Crippen LogP contribution < -0.4 is 4.72 Å². The second kappa shape index (κ2) is 4.41. The van der Waals surface area contributed by atoms with Crippen LogP contribution in [-0.4, -0.2) is 14.8 Å². The number of nitrogens with one attached hydrogen (secondary N) is 1. The minimum absolute atomic E-state index is 0.646. The number of aliphatic imine (C=N–C) groups is 1. The fraction of sp³-hybridized carbons (Fsp3) is 0.625. The molecule has 0 saturated carbocycles. The summed E-state index contributed by atoms with van der Waals surface area (Å²) in [6.07, 6.45) is 5.21. The lowest BCUT2D eigenvalue weighted by Gasteiger charge is -2.07. The van der Waals surface area contributed by atoms with E-state index in [9.17, 15) is 8.42 Å². The highest BCUT2D eigenvalue weighted by Crippen LogP contribution is 2.13. The van der Waals surface area contributed by atoms with Crippen molar-refractivity contribution in [3.05, 3.63) is 11.1 Å². The Morgan fingerprint density at radius 3 is 2.85 bits per heavy atom. The minimum atomic E-state index is -3.23. The molecule has 0 amide bonds. The SMILES string of the molecule is CCCCCC1=CS(=O)(=O)NC=N1. The predicted octanol–water partition coefficient (Wildman–Crippen LogP) is 1.37. The number of hydrogen-bond donors (Lipinski definition) is 1. The number of hydrogen-bond acceptors (Lipinski definition) is 3. The van der Waals surface area contributed by atoms with Crippen LogP contribution in [0, 0.1) is 0 Å². The van der Waals surface area contributed by atoms with E-state index in [0.29, 0.717) is 5.70 Å². The zero-order valence-corrected chi connectivity index (χ0v) is 8.47. The van der Waals surface area contributed by atoms with Gasteiger partial charge in [0, 0.05) is 0 Å². The third-order valence-electron chi connectivity index (χ3n) is 1.78. The van der Waals surface area contributed by atoms with Crippen LogP contribution in [0.25, 0.3) is 0 Å². The Bertz CT molecular complexity index is 317. The standard InChI is InChI=1S/C8H14N2O2S/c1-2-3-4-5-8-6-13(11,12)10-7-9-8/h6-7H,2-5H2,1H3,(H,9,10). The number of allylic oxidation sites excluding steroid dienone is 1. The normalized spacial score (nSPS) is 19.3.